The smallest absolute Gasteiger partial charge is 0.0253 e. The second-order valence-electron chi connectivity index (χ2n) is 6.79. The number of rotatable bonds is 0. The molecule has 34 heavy (non-hydrogen) atoms. The van der Waals surface area contributed by atoms with E-state index in [1.54, 1.807) is 13.8 Å². The van der Waals surface area contributed by atoms with Gasteiger partial charge in [0.15, 0.2) is 0 Å². The monoisotopic (exact) mass is 584 g/mol. The summed E-state index contributed by atoms with van der Waals surface area (Å²) >= 11 is 3.50. The molecule has 0 bridgehead atoms. The predicted molar refractivity (Wildman–Crippen MR) is 152 cm³/mol. The number of hydrogen-bond donors (Lipinski definition) is 0. The van der Waals surface area contributed by atoms with Crippen molar-refractivity contribution >= 4 is 37.9 Å². The summed E-state index contributed by atoms with van der Waals surface area (Å²) in [6, 6.07) is 36.2. The van der Waals surface area contributed by atoms with Crippen molar-refractivity contribution in [3.63, 3.8) is 0 Å². The van der Waals surface area contributed by atoms with Crippen LogP contribution in [0.3, 0.4) is 0 Å². The van der Waals surface area contributed by atoms with Gasteiger partial charge in [0, 0.05) is 0 Å². The first-order chi connectivity index (χ1) is 15.9. The molecule has 178 valence electrons. The normalized spacial score (nSPS) is 9.85. The third kappa shape index (κ3) is 7.87. The molecular weight excluding hydrogens is 552 g/mol. The molecule has 0 radical (unpaired) electrons. The molecule has 0 nitrogen and oxygen atoms in total. The van der Waals surface area contributed by atoms with Gasteiger partial charge in [-0.25, -0.2) is 0 Å². The van der Waals surface area contributed by atoms with Crippen molar-refractivity contribution in [1.82, 2.24) is 0 Å². The fourth-order valence-corrected chi connectivity index (χ4v) is 4.00. The van der Waals surface area contributed by atoms with Crippen LogP contribution in [-0.4, -0.2) is 13.1 Å². The zero-order chi connectivity index (χ0) is 23.3. The SMILES string of the molecule is Cl.Cl.[CH2-]C.[CH2-]C.[Ti]=[GeH2].[c-]1cccc2c1Cc1ccccc1-2.[c-]1cccc2c1Cc1ccccc1-2. The molecule has 0 saturated heterocycles. The van der Waals surface area contributed by atoms with E-state index in [1.165, 1.54) is 57.6 Å². The minimum absolute atomic E-state index is 0. The summed E-state index contributed by atoms with van der Waals surface area (Å²) in [4.78, 5) is 0. The molecule has 0 amide bonds. The van der Waals surface area contributed by atoms with Crippen molar-refractivity contribution in [1.29, 1.82) is 0 Å². The summed E-state index contributed by atoms with van der Waals surface area (Å²) < 4.78 is 0. The molecule has 0 atom stereocenters. The van der Waals surface area contributed by atoms with Gasteiger partial charge >= 0.3 is 30.7 Å². The van der Waals surface area contributed by atoms with Gasteiger partial charge in [-0.3, -0.25) is 0 Å². The van der Waals surface area contributed by atoms with E-state index < -0.39 is 0 Å². The van der Waals surface area contributed by atoms with Crippen LogP contribution in [0.15, 0.2) is 84.9 Å². The van der Waals surface area contributed by atoms with Gasteiger partial charge in [-0.05, 0) is 12.8 Å². The largest absolute Gasteiger partial charge is 0.179 e. The van der Waals surface area contributed by atoms with Crippen LogP contribution in [0.25, 0.3) is 22.3 Å². The van der Waals surface area contributed by atoms with Crippen molar-refractivity contribution in [3.05, 3.63) is 133 Å². The summed E-state index contributed by atoms with van der Waals surface area (Å²) in [5, 5.41) is 0. The summed E-state index contributed by atoms with van der Waals surface area (Å²) in [5.74, 6) is 0. The number of hydrogen-bond acceptors (Lipinski definition) is 0. The van der Waals surface area contributed by atoms with Crippen LogP contribution < -0.4 is 0 Å². The van der Waals surface area contributed by atoms with E-state index in [1.807, 2.05) is 12.1 Å². The van der Waals surface area contributed by atoms with E-state index in [9.17, 15) is 0 Å². The molecule has 0 unspecified atom stereocenters. The van der Waals surface area contributed by atoms with Gasteiger partial charge in [-0.1, -0.05) is 70.8 Å². The van der Waals surface area contributed by atoms with E-state index in [-0.39, 0.29) is 24.8 Å². The maximum absolute atomic E-state index is 3.30. The van der Waals surface area contributed by atoms with Gasteiger partial charge in [0.2, 0.25) is 0 Å². The van der Waals surface area contributed by atoms with Crippen molar-refractivity contribution in [2.45, 2.75) is 26.7 Å². The Morgan fingerprint density at radius 1 is 0.559 bits per heavy atom. The van der Waals surface area contributed by atoms with Gasteiger partial charge < -0.3 is 13.8 Å². The van der Waals surface area contributed by atoms with Gasteiger partial charge in [-0.2, -0.15) is 73.5 Å². The Balaban J connectivity index is 0.000000502. The van der Waals surface area contributed by atoms with Crippen LogP contribution >= 0.6 is 24.8 Å². The van der Waals surface area contributed by atoms with Crippen molar-refractivity contribution in [2.24, 2.45) is 0 Å². The van der Waals surface area contributed by atoms with Crippen molar-refractivity contribution < 1.29 is 17.6 Å². The molecule has 2 aliphatic carbocycles. The molecule has 0 spiro atoms. The molecule has 4 aromatic rings. The Kier molecular flexibility index (Phi) is 17.4. The molecule has 6 rings (SSSR count). The molecule has 0 N–H and O–H groups in total. The van der Waals surface area contributed by atoms with Gasteiger partial charge in [0.05, 0.1) is 0 Å². The third-order valence-corrected chi connectivity index (χ3v) is 5.23. The molecule has 0 saturated carbocycles. The van der Waals surface area contributed by atoms with Crippen LogP contribution in [0.1, 0.15) is 36.1 Å². The average Bonchev–Trinajstić information content (AvgIpc) is 3.46. The fourth-order valence-electron chi connectivity index (χ4n) is 4.00. The van der Waals surface area contributed by atoms with Crippen LogP contribution in [0, 0.1) is 26.0 Å². The van der Waals surface area contributed by atoms with E-state index >= 15 is 0 Å². The Labute approximate surface area is 236 Å². The van der Waals surface area contributed by atoms with Crippen molar-refractivity contribution in [2.75, 3.05) is 0 Å². The summed E-state index contributed by atoms with van der Waals surface area (Å²) in [6.07, 6.45) is 2.10. The maximum atomic E-state index is 3.30. The second kappa shape index (κ2) is 18.1. The average molecular weight is 584 g/mol. The first-order valence-electron chi connectivity index (χ1n) is 10.8. The Bertz CT molecular complexity index is 952. The molecule has 0 fully saturated rings. The predicted octanol–water partition coefficient (Wildman–Crippen LogP) is 7.72. The minimum atomic E-state index is 0. The Morgan fingerprint density at radius 3 is 1.26 bits per heavy atom. The molecule has 4 aromatic carbocycles. The van der Waals surface area contributed by atoms with Crippen molar-refractivity contribution in [3.8, 4) is 22.3 Å². The Morgan fingerprint density at radius 2 is 0.882 bits per heavy atom. The third-order valence-electron chi connectivity index (χ3n) is 5.23. The maximum Gasteiger partial charge on any atom is -0.0253 e. The molecule has 0 heterocycles. The number of benzene rings is 4. The van der Waals surface area contributed by atoms with E-state index in [4.69, 9.17) is 0 Å². The summed E-state index contributed by atoms with van der Waals surface area (Å²) in [6.45, 7) is 10.0. The quantitative estimate of drug-likeness (QED) is 0.127. The standard InChI is InChI=1S/2C13H9.2C2H5.2ClH.GeH2.Ti/c2*1-3-7-12-10(5-1)9-11-6-2-4-8-13(11)12;2*1-2;;;;/h2*1-5,7-8H,9H2;2*1H2,2H3;2*1H;1H2;/q4*-1;;;;. The molecule has 4 heteroatoms. The van der Waals surface area contributed by atoms with Gasteiger partial charge in [0.1, 0.15) is 0 Å². The van der Waals surface area contributed by atoms with Gasteiger partial charge in [0.25, 0.3) is 0 Å². The minimum Gasteiger partial charge on any atom is -0.179 e. The topological polar surface area (TPSA) is 0 Å². The van der Waals surface area contributed by atoms with Crippen LogP contribution in [0.5, 0.6) is 0 Å². The van der Waals surface area contributed by atoms with Crippen LogP contribution in [-0.2, 0) is 30.5 Å². The van der Waals surface area contributed by atoms with E-state index in [0.717, 1.165) is 12.8 Å². The molecule has 0 aromatic heterocycles. The zero-order valence-corrected chi connectivity index (χ0v) is 26.1. The fraction of sp³-hybridized carbons (Fsp3) is 0.133. The first-order valence-corrected chi connectivity index (χ1v) is 18.0. The molecular formula is C30H32Cl2GeTi-4. The summed E-state index contributed by atoms with van der Waals surface area (Å²) in [7, 11) is 0. The number of fused-ring (bicyclic) bond motifs is 6. The summed E-state index contributed by atoms with van der Waals surface area (Å²) in [5.41, 5.74) is 11.0. The Hall–Kier alpha value is -1.28. The zero-order valence-electron chi connectivity index (χ0n) is 19.9. The number of halogens is 2. The van der Waals surface area contributed by atoms with Gasteiger partial charge in [-0.15, -0.1) is 35.9 Å². The van der Waals surface area contributed by atoms with E-state index in [0.29, 0.717) is 0 Å². The molecule has 2 aliphatic rings. The first kappa shape index (κ1) is 32.7. The van der Waals surface area contributed by atoms with E-state index in [2.05, 4.69) is 116 Å². The molecule has 0 aliphatic heterocycles. The second-order valence-corrected chi connectivity index (χ2v) is 6.79. The van der Waals surface area contributed by atoms with Crippen LogP contribution in [0.2, 0.25) is 0 Å². The van der Waals surface area contributed by atoms with Crippen LogP contribution in [0.4, 0.5) is 0 Å².